The number of hydrogen-bond donors (Lipinski definition) is 0. The molecule has 172 valence electrons. The maximum absolute atomic E-state index is 14.1. The Morgan fingerprint density at radius 3 is 2.31 bits per heavy atom. The third-order valence-electron chi connectivity index (χ3n) is 5.48. The van der Waals surface area contributed by atoms with E-state index in [1.807, 2.05) is 45.0 Å². The predicted octanol–water partition coefficient (Wildman–Crippen LogP) is 5.67. The Morgan fingerprint density at radius 1 is 1.12 bits per heavy atom. The molecule has 5 nitrogen and oxygen atoms in total. The lowest BCUT2D eigenvalue weighted by Gasteiger charge is -2.37. The highest BCUT2D eigenvalue weighted by Crippen LogP contribution is 2.46. The van der Waals surface area contributed by atoms with Crippen molar-refractivity contribution in [2.24, 2.45) is 5.41 Å². The average Bonchev–Trinajstić information content (AvgIpc) is 3.13. The molecule has 32 heavy (non-hydrogen) atoms. The minimum absolute atomic E-state index is 0.00407. The molecule has 2 aromatic carbocycles. The Bertz CT molecular complexity index is 1120. The highest BCUT2D eigenvalue weighted by molar-refractivity contribution is 9.09. The van der Waals surface area contributed by atoms with Crippen LogP contribution >= 0.6 is 27.5 Å². The molecule has 3 rings (SSSR count). The number of rotatable bonds is 6. The van der Waals surface area contributed by atoms with E-state index in [1.165, 1.54) is 0 Å². The van der Waals surface area contributed by atoms with Crippen LogP contribution in [0.4, 0.5) is 0 Å². The van der Waals surface area contributed by atoms with Crippen LogP contribution in [-0.2, 0) is 19.6 Å². The van der Waals surface area contributed by atoms with Gasteiger partial charge in [0.05, 0.1) is 10.9 Å². The summed E-state index contributed by atoms with van der Waals surface area (Å²) in [6.45, 7) is 7.80. The van der Waals surface area contributed by atoms with Gasteiger partial charge in [0.25, 0.3) is 0 Å². The fraction of sp³-hybridized carbons (Fsp3) is 0.375. The van der Waals surface area contributed by atoms with Crippen LogP contribution in [0.1, 0.15) is 37.9 Å². The molecule has 2 aromatic rings. The van der Waals surface area contributed by atoms with E-state index in [1.54, 1.807) is 41.6 Å². The largest absolute Gasteiger partial charge is 0.460 e. The van der Waals surface area contributed by atoms with Crippen molar-refractivity contribution in [3.63, 3.8) is 0 Å². The third kappa shape index (κ3) is 5.11. The zero-order chi connectivity index (χ0) is 23.7. The number of aryl methyl sites for hydroxylation is 1. The molecule has 1 aliphatic heterocycles. The average molecular weight is 541 g/mol. The van der Waals surface area contributed by atoms with Crippen molar-refractivity contribution in [2.75, 3.05) is 11.9 Å². The fourth-order valence-electron chi connectivity index (χ4n) is 3.91. The number of halogens is 2. The van der Waals surface area contributed by atoms with Gasteiger partial charge in [0.1, 0.15) is 11.9 Å². The first-order valence-corrected chi connectivity index (χ1v) is 13.2. The first kappa shape index (κ1) is 25.0. The third-order valence-corrected chi connectivity index (χ3v) is 8.20. The lowest BCUT2D eigenvalue weighted by Crippen LogP contribution is -2.45. The molecule has 0 amide bonds. The van der Waals surface area contributed by atoms with Gasteiger partial charge in [-0.05, 0) is 47.2 Å². The van der Waals surface area contributed by atoms with Crippen LogP contribution in [-0.4, -0.2) is 36.7 Å². The molecule has 0 saturated carbocycles. The summed E-state index contributed by atoms with van der Waals surface area (Å²) in [6.07, 6.45) is 1.93. The minimum Gasteiger partial charge on any atom is -0.460 e. The second kappa shape index (κ2) is 9.67. The van der Waals surface area contributed by atoms with Crippen LogP contribution in [0.5, 0.6) is 0 Å². The van der Waals surface area contributed by atoms with Crippen LogP contribution in [0.25, 0.3) is 0 Å². The van der Waals surface area contributed by atoms with E-state index in [-0.39, 0.29) is 16.8 Å². The Morgan fingerprint density at radius 2 is 1.75 bits per heavy atom. The molecule has 0 radical (unpaired) electrons. The standard InChI is InChI=1S/C24H27BrClNO4S/c1-16-7-5-6-8-20(16)32(29,30)27-21(24(2,3)4)13-18(15-31-22(28)14-25)23(27)17-9-11-19(26)12-10-17/h5-13,21,23H,14-15H2,1-4H3/t21-,23-/m0/s1. The van der Waals surface area contributed by atoms with Gasteiger partial charge in [-0.25, -0.2) is 8.42 Å². The van der Waals surface area contributed by atoms with Gasteiger partial charge in [-0.1, -0.05) is 84.7 Å². The second-order valence-corrected chi connectivity index (χ2v) is 11.7. The van der Waals surface area contributed by atoms with Crippen molar-refractivity contribution in [2.45, 2.75) is 44.7 Å². The fourth-order valence-corrected chi connectivity index (χ4v) is 6.36. The SMILES string of the molecule is Cc1ccccc1S(=O)(=O)N1[C@@H](c2ccc(Cl)cc2)C(COC(=O)CBr)=C[C@H]1C(C)(C)C. The van der Waals surface area contributed by atoms with Crippen LogP contribution in [0.3, 0.4) is 0 Å². The highest BCUT2D eigenvalue weighted by Gasteiger charge is 2.48. The first-order valence-electron chi connectivity index (χ1n) is 10.2. The lowest BCUT2D eigenvalue weighted by molar-refractivity contribution is -0.139. The topological polar surface area (TPSA) is 63.7 Å². The summed E-state index contributed by atoms with van der Waals surface area (Å²) in [7, 11) is -3.89. The monoisotopic (exact) mass is 539 g/mol. The number of carbonyl (C=O) groups is 1. The molecule has 0 unspecified atom stereocenters. The van der Waals surface area contributed by atoms with Gasteiger partial charge < -0.3 is 4.74 Å². The van der Waals surface area contributed by atoms with Gasteiger partial charge in [-0.3, -0.25) is 4.79 Å². The van der Waals surface area contributed by atoms with Gasteiger partial charge in [-0.2, -0.15) is 4.31 Å². The van der Waals surface area contributed by atoms with Crippen LogP contribution < -0.4 is 0 Å². The Labute approximate surface area is 203 Å². The number of carbonyl (C=O) groups excluding carboxylic acids is 1. The molecule has 0 saturated heterocycles. The molecule has 0 bridgehead atoms. The first-order chi connectivity index (χ1) is 15.0. The molecule has 0 spiro atoms. The van der Waals surface area contributed by atoms with E-state index in [4.69, 9.17) is 16.3 Å². The quantitative estimate of drug-likeness (QED) is 0.269. The number of benzene rings is 2. The van der Waals surface area contributed by atoms with E-state index in [2.05, 4.69) is 15.9 Å². The van der Waals surface area contributed by atoms with Gasteiger partial charge in [-0.15, -0.1) is 0 Å². The second-order valence-electron chi connectivity index (χ2n) is 8.90. The predicted molar refractivity (Wildman–Crippen MR) is 130 cm³/mol. The molecule has 1 aliphatic rings. The maximum Gasteiger partial charge on any atom is 0.316 e. The molecule has 8 heteroatoms. The van der Waals surface area contributed by atoms with Gasteiger partial charge in [0.15, 0.2) is 0 Å². The molecule has 0 fully saturated rings. The lowest BCUT2D eigenvalue weighted by atomic mass is 9.87. The van der Waals surface area contributed by atoms with Crippen LogP contribution in [0.2, 0.25) is 5.02 Å². The summed E-state index contributed by atoms with van der Waals surface area (Å²) in [6, 6.07) is 13.0. The van der Waals surface area contributed by atoms with E-state index in [0.29, 0.717) is 10.6 Å². The smallest absolute Gasteiger partial charge is 0.316 e. The zero-order valence-electron chi connectivity index (χ0n) is 18.5. The van der Waals surface area contributed by atoms with E-state index < -0.39 is 33.5 Å². The molecule has 0 aromatic heterocycles. The maximum atomic E-state index is 14.1. The number of alkyl halides is 1. The molecular weight excluding hydrogens is 514 g/mol. The number of sulfonamides is 1. The Kier molecular flexibility index (Phi) is 7.55. The summed E-state index contributed by atoms with van der Waals surface area (Å²) in [4.78, 5) is 12.1. The normalized spacial score (nSPS) is 19.6. The summed E-state index contributed by atoms with van der Waals surface area (Å²) in [5, 5.41) is 0.628. The summed E-state index contributed by atoms with van der Waals surface area (Å²) in [5.74, 6) is -0.409. The van der Waals surface area contributed by atoms with Crippen molar-refractivity contribution in [3.05, 3.63) is 76.3 Å². The van der Waals surface area contributed by atoms with Gasteiger partial charge >= 0.3 is 5.97 Å². The molecular formula is C24H27BrClNO4S. The van der Waals surface area contributed by atoms with Crippen molar-refractivity contribution in [1.82, 2.24) is 4.31 Å². The molecule has 1 heterocycles. The Hall–Kier alpha value is -1.67. The van der Waals surface area contributed by atoms with Crippen molar-refractivity contribution in [1.29, 1.82) is 0 Å². The van der Waals surface area contributed by atoms with Crippen LogP contribution in [0, 0.1) is 12.3 Å². The molecule has 0 N–H and O–H groups in total. The minimum atomic E-state index is -3.89. The van der Waals surface area contributed by atoms with E-state index in [9.17, 15) is 13.2 Å². The summed E-state index contributed by atoms with van der Waals surface area (Å²) in [5.41, 5.74) is 1.76. The molecule has 0 aliphatic carbocycles. The highest BCUT2D eigenvalue weighted by atomic mass is 79.9. The van der Waals surface area contributed by atoms with Crippen molar-refractivity contribution >= 4 is 43.5 Å². The summed E-state index contributed by atoms with van der Waals surface area (Å²) < 4.78 is 35.1. The summed E-state index contributed by atoms with van der Waals surface area (Å²) >= 11 is 9.20. The van der Waals surface area contributed by atoms with E-state index in [0.717, 1.165) is 11.1 Å². The van der Waals surface area contributed by atoms with E-state index >= 15 is 0 Å². The number of ether oxygens (including phenoxy) is 1. The molecule has 2 atom stereocenters. The zero-order valence-corrected chi connectivity index (χ0v) is 21.7. The van der Waals surface area contributed by atoms with Crippen molar-refractivity contribution < 1.29 is 17.9 Å². The van der Waals surface area contributed by atoms with Crippen molar-refractivity contribution in [3.8, 4) is 0 Å². The Balaban J connectivity index is 2.19. The number of hydrogen-bond acceptors (Lipinski definition) is 4. The number of nitrogens with zero attached hydrogens (tertiary/aromatic N) is 1. The number of esters is 1. The van der Waals surface area contributed by atoms with Crippen LogP contribution in [0.15, 0.2) is 65.1 Å². The van der Waals surface area contributed by atoms with Gasteiger partial charge in [0, 0.05) is 11.1 Å². The van der Waals surface area contributed by atoms with Gasteiger partial charge in [0.2, 0.25) is 10.0 Å².